The molecule has 0 radical (unpaired) electrons. The van der Waals surface area contributed by atoms with E-state index in [1.807, 2.05) is 38.1 Å². The standard InChI is InChI=1S/C25H28O4/c1-24(2,3)15-8-10-17-19(13-15)22(28)18-11-9-16(14-20(18)23(17)29)25(4,5)12-6-7-21(26)27/h8-11,13-14H,6-7,12H2,1-5H3,(H,26,27). The average molecular weight is 392 g/mol. The third kappa shape index (κ3) is 4.02. The molecular weight excluding hydrogens is 364 g/mol. The summed E-state index contributed by atoms with van der Waals surface area (Å²) < 4.78 is 0. The molecule has 0 atom stereocenters. The Balaban J connectivity index is 1.98. The number of benzene rings is 2. The van der Waals surface area contributed by atoms with Gasteiger partial charge in [-0.1, -0.05) is 46.8 Å². The molecule has 0 bridgehead atoms. The van der Waals surface area contributed by atoms with E-state index in [1.165, 1.54) is 0 Å². The Morgan fingerprint density at radius 3 is 1.76 bits per heavy atom. The first kappa shape index (κ1) is 21.0. The van der Waals surface area contributed by atoms with Crippen LogP contribution in [0.25, 0.3) is 0 Å². The second kappa shape index (κ2) is 7.25. The summed E-state index contributed by atoms with van der Waals surface area (Å²) in [7, 11) is 0. The van der Waals surface area contributed by atoms with Crippen LogP contribution in [-0.4, -0.2) is 22.6 Å². The molecule has 2 aromatic carbocycles. The van der Waals surface area contributed by atoms with Gasteiger partial charge in [-0.2, -0.15) is 0 Å². The van der Waals surface area contributed by atoms with Gasteiger partial charge in [0.1, 0.15) is 0 Å². The van der Waals surface area contributed by atoms with Crippen molar-refractivity contribution in [2.24, 2.45) is 0 Å². The molecule has 0 saturated carbocycles. The number of rotatable bonds is 5. The first-order valence-electron chi connectivity index (χ1n) is 10.0. The van der Waals surface area contributed by atoms with Crippen molar-refractivity contribution >= 4 is 17.5 Å². The minimum Gasteiger partial charge on any atom is -0.481 e. The van der Waals surface area contributed by atoms with Crippen LogP contribution in [0.5, 0.6) is 0 Å². The van der Waals surface area contributed by atoms with Crippen LogP contribution in [0.3, 0.4) is 0 Å². The fraction of sp³-hybridized carbons (Fsp3) is 0.400. The minimum atomic E-state index is -0.807. The third-order valence-electron chi connectivity index (χ3n) is 5.86. The van der Waals surface area contributed by atoms with Gasteiger partial charge in [-0.05, 0) is 59.1 Å². The molecule has 2 aromatic rings. The van der Waals surface area contributed by atoms with Gasteiger partial charge in [-0.25, -0.2) is 0 Å². The van der Waals surface area contributed by atoms with E-state index in [4.69, 9.17) is 5.11 Å². The van der Waals surface area contributed by atoms with Crippen LogP contribution in [-0.2, 0) is 15.6 Å². The van der Waals surface area contributed by atoms with Gasteiger partial charge >= 0.3 is 5.97 Å². The van der Waals surface area contributed by atoms with Gasteiger partial charge in [0.05, 0.1) is 0 Å². The fourth-order valence-corrected chi connectivity index (χ4v) is 3.86. The van der Waals surface area contributed by atoms with E-state index in [-0.39, 0.29) is 28.8 Å². The lowest BCUT2D eigenvalue weighted by molar-refractivity contribution is -0.137. The number of carbonyl (C=O) groups is 3. The Hall–Kier alpha value is -2.75. The zero-order valence-electron chi connectivity index (χ0n) is 17.8. The van der Waals surface area contributed by atoms with Crippen molar-refractivity contribution in [3.05, 3.63) is 69.8 Å². The lowest BCUT2D eigenvalue weighted by Crippen LogP contribution is -2.24. The number of ketones is 2. The molecular formula is C25H28O4. The summed E-state index contributed by atoms with van der Waals surface area (Å²) >= 11 is 0. The summed E-state index contributed by atoms with van der Waals surface area (Å²) in [6.45, 7) is 10.3. The first-order chi connectivity index (χ1) is 13.4. The summed E-state index contributed by atoms with van der Waals surface area (Å²) in [6, 6.07) is 11.0. The van der Waals surface area contributed by atoms with E-state index in [1.54, 1.807) is 12.1 Å². The molecule has 4 nitrogen and oxygen atoms in total. The molecule has 0 fully saturated rings. The van der Waals surface area contributed by atoms with Crippen LogP contribution in [0.2, 0.25) is 0 Å². The summed E-state index contributed by atoms with van der Waals surface area (Å²) in [5, 5.41) is 8.88. The van der Waals surface area contributed by atoms with Crippen LogP contribution in [0.4, 0.5) is 0 Å². The Morgan fingerprint density at radius 1 is 0.793 bits per heavy atom. The highest BCUT2D eigenvalue weighted by molar-refractivity contribution is 6.28. The van der Waals surface area contributed by atoms with E-state index < -0.39 is 5.97 Å². The molecule has 0 unspecified atom stereocenters. The summed E-state index contributed by atoms with van der Waals surface area (Å²) in [4.78, 5) is 37.1. The molecule has 0 heterocycles. The quantitative estimate of drug-likeness (QED) is 0.640. The first-order valence-corrected chi connectivity index (χ1v) is 10.0. The molecule has 152 valence electrons. The predicted molar refractivity (Wildman–Crippen MR) is 113 cm³/mol. The van der Waals surface area contributed by atoms with Gasteiger partial charge in [-0.3, -0.25) is 14.4 Å². The van der Waals surface area contributed by atoms with E-state index in [2.05, 4.69) is 20.8 Å². The molecule has 1 N–H and O–H groups in total. The van der Waals surface area contributed by atoms with Crippen LogP contribution >= 0.6 is 0 Å². The molecule has 0 spiro atoms. The van der Waals surface area contributed by atoms with E-state index in [0.29, 0.717) is 35.1 Å². The van der Waals surface area contributed by atoms with Crippen molar-refractivity contribution in [2.75, 3.05) is 0 Å². The highest BCUT2D eigenvalue weighted by Gasteiger charge is 2.32. The van der Waals surface area contributed by atoms with Crippen molar-refractivity contribution in [3.63, 3.8) is 0 Å². The second-order valence-electron chi connectivity index (χ2n) is 9.56. The Kier molecular flexibility index (Phi) is 5.24. The molecule has 1 aliphatic rings. The number of hydrogen-bond acceptors (Lipinski definition) is 3. The fourth-order valence-electron chi connectivity index (χ4n) is 3.86. The highest BCUT2D eigenvalue weighted by atomic mass is 16.4. The molecule has 0 amide bonds. The highest BCUT2D eigenvalue weighted by Crippen LogP contribution is 2.35. The number of fused-ring (bicyclic) bond motifs is 2. The van der Waals surface area contributed by atoms with Gasteiger partial charge in [0.25, 0.3) is 0 Å². The maximum absolute atomic E-state index is 13.2. The lowest BCUT2D eigenvalue weighted by atomic mass is 9.75. The zero-order chi connectivity index (χ0) is 21.6. The maximum Gasteiger partial charge on any atom is 0.303 e. The Bertz CT molecular complexity index is 1010. The van der Waals surface area contributed by atoms with Crippen molar-refractivity contribution in [1.82, 2.24) is 0 Å². The summed E-state index contributed by atoms with van der Waals surface area (Å²) in [5.74, 6) is -1.05. The number of hydrogen-bond donors (Lipinski definition) is 1. The molecule has 0 aliphatic heterocycles. The van der Waals surface area contributed by atoms with Gasteiger partial charge in [0.15, 0.2) is 11.6 Å². The van der Waals surface area contributed by atoms with E-state index >= 15 is 0 Å². The van der Waals surface area contributed by atoms with Gasteiger partial charge in [0.2, 0.25) is 0 Å². The molecule has 0 aromatic heterocycles. The Morgan fingerprint density at radius 2 is 1.28 bits per heavy atom. The van der Waals surface area contributed by atoms with Crippen LogP contribution < -0.4 is 0 Å². The minimum absolute atomic E-state index is 0.109. The second-order valence-corrected chi connectivity index (χ2v) is 9.56. The number of aliphatic carboxylic acids is 1. The van der Waals surface area contributed by atoms with Gasteiger partial charge in [0, 0.05) is 28.7 Å². The third-order valence-corrected chi connectivity index (χ3v) is 5.86. The molecule has 3 rings (SSSR count). The van der Waals surface area contributed by atoms with Gasteiger partial charge < -0.3 is 5.11 Å². The number of carbonyl (C=O) groups excluding carboxylic acids is 2. The topological polar surface area (TPSA) is 71.4 Å². The van der Waals surface area contributed by atoms with E-state index in [0.717, 1.165) is 11.1 Å². The largest absolute Gasteiger partial charge is 0.481 e. The molecule has 1 aliphatic carbocycles. The van der Waals surface area contributed by atoms with Crippen LogP contribution in [0.1, 0.15) is 96.9 Å². The Labute approximate surface area is 172 Å². The summed E-state index contributed by atoms with van der Waals surface area (Å²) in [6.07, 6.45) is 1.37. The van der Waals surface area contributed by atoms with Crippen LogP contribution in [0, 0.1) is 0 Å². The van der Waals surface area contributed by atoms with E-state index in [9.17, 15) is 14.4 Å². The normalized spacial score (nSPS) is 13.8. The number of carboxylic acid groups (broad SMARTS) is 1. The molecule has 0 saturated heterocycles. The maximum atomic E-state index is 13.2. The zero-order valence-corrected chi connectivity index (χ0v) is 17.8. The average Bonchev–Trinajstić information content (AvgIpc) is 2.64. The molecule has 29 heavy (non-hydrogen) atoms. The van der Waals surface area contributed by atoms with Crippen molar-refractivity contribution in [2.45, 2.75) is 64.7 Å². The smallest absolute Gasteiger partial charge is 0.303 e. The van der Waals surface area contributed by atoms with Crippen molar-refractivity contribution in [1.29, 1.82) is 0 Å². The van der Waals surface area contributed by atoms with Crippen molar-refractivity contribution in [3.8, 4) is 0 Å². The number of carboxylic acids is 1. The molecule has 4 heteroatoms. The van der Waals surface area contributed by atoms with Crippen LogP contribution in [0.15, 0.2) is 36.4 Å². The van der Waals surface area contributed by atoms with Crippen molar-refractivity contribution < 1.29 is 19.5 Å². The van der Waals surface area contributed by atoms with Gasteiger partial charge in [-0.15, -0.1) is 0 Å². The summed E-state index contributed by atoms with van der Waals surface area (Å²) in [5.41, 5.74) is 3.38. The monoisotopic (exact) mass is 392 g/mol. The SMILES string of the molecule is CC(C)(C)c1ccc2c(c1)C(=O)c1ccc(C(C)(C)CCCC(=O)O)cc1C2=O. The predicted octanol–water partition coefficient (Wildman–Crippen LogP) is 5.29. The lowest BCUT2D eigenvalue weighted by Gasteiger charge is -2.28.